The average molecular weight is 276 g/mol. The first-order chi connectivity index (χ1) is 9.50. The Morgan fingerprint density at radius 1 is 1.40 bits per heavy atom. The number of nitrogens with two attached hydrogens (primary N) is 1. The summed E-state index contributed by atoms with van der Waals surface area (Å²) in [6.07, 6.45) is 2.17. The second-order valence-electron chi connectivity index (χ2n) is 5.66. The van der Waals surface area contributed by atoms with E-state index in [4.69, 9.17) is 5.73 Å². The zero-order valence-electron chi connectivity index (χ0n) is 12.3. The van der Waals surface area contributed by atoms with Crippen molar-refractivity contribution in [2.45, 2.75) is 44.6 Å². The number of fused-ring (bicyclic) bond motifs is 1. The van der Waals surface area contributed by atoms with Crippen molar-refractivity contribution in [2.75, 3.05) is 18.0 Å². The van der Waals surface area contributed by atoms with E-state index in [0.717, 1.165) is 37.1 Å². The molecule has 1 aromatic carbocycles. The second kappa shape index (κ2) is 5.83. The first-order valence-corrected chi connectivity index (χ1v) is 7.36. The third-order valence-electron chi connectivity index (χ3n) is 4.49. The number of nitrogens with zero attached hydrogens (tertiary/aromatic N) is 1. The number of aliphatic hydroxyl groups is 1. The van der Waals surface area contributed by atoms with Gasteiger partial charge >= 0.3 is 0 Å². The zero-order chi connectivity index (χ0) is 14.8. The third kappa shape index (κ3) is 2.80. The molecule has 1 heterocycles. The second-order valence-corrected chi connectivity index (χ2v) is 5.66. The molecule has 0 fully saturated rings. The number of carbonyl (C=O) groups excluding carboxylic acids is 1. The van der Waals surface area contributed by atoms with Gasteiger partial charge in [0.25, 0.3) is 0 Å². The van der Waals surface area contributed by atoms with Gasteiger partial charge in [-0.25, -0.2) is 0 Å². The summed E-state index contributed by atoms with van der Waals surface area (Å²) in [7, 11) is 0. The summed E-state index contributed by atoms with van der Waals surface area (Å²) in [4.78, 5) is 13.8. The quantitative estimate of drug-likeness (QED) is 0.864. The van der Waals surface area contributed by atoms with Crippen molar-refractivity contribution < 1.29 is 9.90 Å². The monoisotopic (exact) mass is 276 g/mol. The van der Waals surface area contributed by atoms with Crippen molar-refractivity contribution in [1.82, 2.24) is 0 Å². The molecule has 1 aliphatic heterocycles. The van der Waals surface area contributed by atoms with Crippen molar-refractivity contribution in [3.05, 3.63) is 29.8 Å². The number of hydrogen-bond donors (Lipinski definition) is 2. The minimum Gasteiger partial charge on any atom is -0.388 e. The Morgan fingerprint density at radius 3 is 2.65 bits per heavy atom. The molecule has 1 unspecified atom stereocenters. The summed E-state index contributed by atoms with van der Waals surface area (Å²) < 4.78 is 0. The van der Waals surface area contributed by atoms with Crippen molar-refractivity contribution >= 4 is 11.6 Å². The molecule has 0 saturated carbocycles. The van der Waals surface area contributed by atoms with Crippen LogP contribution in [0.3, 0.4) is 0 Å². The summed E-state index contributed by atoms with van der Waals surface area (Å²) in [5.74, 6) is -0.475. The molecule has 20 heavy (non-hydrogen) atoms. The maximum absolute atomic E-state index is 11.6. The smallest absolute Gasteiger partial charge is 0.225 e. The number of para-hydroxylation sites is 1. The van der Waals surface area contributed by atoms with Crippen LogP contribution in [0.25, 0.3) is 0 Å². The Labute approximate surface area is 120 Å². The number of anilines is 1. The maximum atomic E-state index is 11.6. The van der Waals surface area contributed by atoms with Gasteiger partial charge in [-0.2, -0.15) is 0 Å². The molecule has 0 radical (unpaired) electrons. The Hall–Kier alpha value is -1.55. The largest absolute Gasteiger partial charge is 0.388 e. The van der Waals surface area contributed by atoms with Gasteiger partial charge in [-0.1, -0.05) is 32.0 Å². The molecular weight excluding hydrogens is 252 g/mol. The SMILES string of the molecule is CCC(O)(CC)CN1CCC(C(N)=O)c2ccccc21. The molecule has 1 aliphatic rings. The predicted octanol–water partition coefficient (Wildman–Crippen LogP) is 2.02. The molecule has 0 saturated heterocycles. The number of benzene rings is 1. The van der Waals surface area contributed by atoms with E-state index in [1.807, 2.05) is 38.1 Å². The Kier molecular flexibility index (Phi) is 4.33. The van der Waals surface area contributed by atoms with Crippen LogP contribution in [-0.4, -0.2) is 29.7 Å². The van der Waals surface area contributed by atoms with Gasteiger partial charge in [-0.3, -0.25) is 4.79 Å². The third-order valence-corrected chi connectivity index (χ3v) is 4.49. The van der Waals surface area contributed by atoms with Crippen LogP contribution in [0.1, 0.15) is 44.6 Å². The van der Waals surface area contributed by atoms with Crippen LogP contribution < -0.4 is 10.6 Å². The number of amides is 1. The fourth-order valence-electron chi connectivity index (χ4n) is 2.92. The predicted molar refractivity (Wildman–Crippen MR) is 80.7 cm³/mol. The first kappa shape index (κ1) is 14.9. The van der Waals surface area contributed by atoms with E-state index in [1.165, 1.54) is 0 Å². The summed E-state index contributed by atoms with van der Waals surface area (Å²) in [5.41, 5.74) is 6.84. The van der Waals surface area contributed by atoms with Crippen molar-refractivity contribution in [2.24, 2.45) is 5.73 Å². The van der Waals surface area contributed by atoms with Crippen LogP contribution in [0.4, 0.5) is 5.69 Å². The fraction of sp³-hybridized carbons (Fsp3) is 0.562. The Morgan fingerprint density at radius 2 is 2.05 bits per heavy atom. The summed E-state index contributed by atoms with van der Waals surface area (Å²) in [6.45, 7) is 5.37. The lowest BCUT2D eigenvalue weighted by molar-refractivity contribution is -0.119. The van der Waals surface area contributed by atoms with Crippen LogP contribution in [0.15, 0.2) is 24.3 Å². The van der Waals surface area contributed by atoms with E-state index < -0.39 is 5.60 Å². The van der Waals surface area contributed by atoms with Gasteiger partial charge < -0.3 is 15.7 Å². The molecule has 1 aromatic rings. The molecule has 0 spiro atoms. The molecular formula is C16H24N2O2. The van der Waals surface area contributed by atoms with Crippen molar-refractivity contribution in [1.29, 1.82) is 0 Å². The van der Waals surface area contributed by atoms with Gasteiger partial charge in [0.1, 0.15) is 0 Å². The van der Waals surface area contributed by atoms with E-state index in [1.54, 1.807) is 0 Å². The molecule has 0 bridgehead atoms. The lowest BCUT2D eigenvalue weighted by Crippen LogP contribution is -2.45. The standard InChI is InChI=1S/C16H24N2O2/c1-3-16(20,4-2)11-18-10-9-13(15(17)19)12-7-5-6-8-14(12)18/h5-8,13,20H,3-4,9-11H2,1-2H3,(H2,17,19). The van der Waals surface area contributed by atoms with Crippen molar-refractivity contribution in [3.63, 3.8) is 0 Å². The van der Waals surface area contributed by atoms with Crippen LogP contribution in [0.2, 0.25) is 0 Å². The molecule has 4 nitrogen and oxygen atoms in total. The normalized spacial score (nSPS) is 18.8. The molecule has 1 atom stereocenters. The highest BCUT2D eigenvalue weighted by atomic mass is 16.3. The van der Waals surface area contributed by atoms with Crippen LogP contribution >= 0.6 is 0 Å². The Balaban J connectivity index is 2.30. The first-order valence-electron chi connectivity index (χ1n) is 7.36. The van der Waals surface area contributed by atoms with E-state index in [2.05, 4.69) is 4.90 Å². The fourth-order valence-corrected chi connectivity index (χ4v) is 2.92. The lowest BCUT2D eigenvalue weighted by atomic mass is 9.87. The molecule has 4 heteroatoms. The molecule has 0 aromatic heterocycles. The minimum absolute atomic E-state index is 0.209. The van der Waals surface area contributed by atoms with E-state index in [0.29, 0.717) is 6.54 Å². The van der Waals surface area contributed by atoms with Gasteiger partial charge in [-0.15, -0.1) is 0 Å². The minimum atomic E-state index is -0.674. The van der Waals surface area contributed by atoms with Crippen molar-refractivity contribution in [3.8, 4) is 0 Å². The van der Waals surface area contributed by atoms with E-state index in [9.17, 15) is 9.90 Å². The molecule has 2 rings (SSSR count). The summed E-state index contributed by atoms with van der Waals surface area (Å²) in [6, 6.07) is 7.88. The summed E-state index contributed by atoms with van der Waals surface area (Å²) in [5, 5.41) is 10.5. The number of rotatable bonds is 5. The highest BCUT2D eigenvalue weighted by Crippen LogP contribution is 2.36. The van der Waals surface area contributed by atoms with Gasteiger partial charge in [0.05, 0.1) is 11.5 Å². The zero-order valence-corrected chi connectivity index (χ0v) is 12.3. The van der Waals surface area contributed by atoms with Gasteiger partial charge in [-0.05, 0) is 30.9 Å². The Bertz CT molecular complexity index is 483. The number of carbonyl (C=O) groups is 1. The van der Waals surface area contributed by atoms with E-state index >= 15 is 0 Å². The van der Waals surface area contributed by atoms with Gasteiger partial charge in [0, 0.05) is 18.8 Å². The molecule has 1 amide bonds. The van der Waals surface area contributed by atoms with Crippen LogP contribution in [-0.2, 0) is 4.79 Å². The van der Waals surface area contributed by atoms with Crippen LogP contribution in [0.5, 0.6) is 0 Å². The lowest BCUT2D eigenvalue weighted by Gasteiger charge is -2.39. The molecule has 0 aliphatic carbocycles. The van der Waals surface area contributed by atoms with Gasteiger partial charge in [0.2, 0.25) is 5.91 Å². The van der Waals surface area contributed by atoms with Gasteiger partial charge in [0.15, 0.2) is 0 Å². The van der Waals surface area contributed by atoms with E-state index in [-0.39, 0.29) is 11.8 Å². The topological polar surface area (TPSA) is 66.6 Å². The number of primary amides is 1. The highest BCUT2D eigenvalue weighted by molar-refractivity contribution is 5.85. The number of hydrogen-bond acceptors (Lipinski definition) is 3. The highest BCUT2D eigenvalue weighted by Gasteiger charge is 2.32. The molecule has 110 valence electrons. The molecule has 3 N–H and O–H groups in total. The average Bonchev–Trinajstić information content (AvgIpc) is 2.47. The number of β-amino-alcohol motifs (C(OH)–C–C–N with tert-alkyl or cyclic N) is 1. The summed E-state index contributed by atoms with van der Waals surface area (Å²) >= 11 is 0. The maximum Gasteiger partial charge on any atom is 0.225 e. The van der Waals surface area contributed by atoms with Crippen LogP contribution in [0, 0.1) is 0 Å².